The molecule has 0 aliphatic rings. The molecule has 1 atom stereocenters. The molecule has 13 heavy (non-hydrogen) atoms. The van der Waals surface area contributed by atoms with Gasteiger partial charge in [0.2, 0.25) is 6.17 Å². The SMILES string of the molecule is COC(=O)C(F)c1cccc(C)c1. The number of hydrogen-bond donors (Lipinski definition) is 0. The molecule has 70 valence electrons. The van der Waals surface area contributed by atoms with Gasteiger partial charge in [0, 0.05) is 0 Å². The summed E-state index contributed by atoms with van der Waals surface area (Å²) in [4.78, 5) is 10.8. The minimum Gasteiger partial charge on any atom is -0.467 e. The molecule has 0 fully saturated rings. The quantitative estimate of drug-likeness (QED) is 0.655. The van der Waals surface area contributed by atoms with Gasteiger partial charge in [0.05, 0.1) is 7.11 Å². The molecule has 0 spiro atoms. The Kier molecular flexibility index (Phi) is 3.01. The Labute approximate surface area is 76.3 Å². The van der Waals surface area contributed by atoms with Crippen LogP contribution in [0.2, 0.25) is 0 Å². The zero-order valence-electron chi connectivity index (χ0n) is 7.58. The highest BCUT2D eigenvalue weighted by Crippen LogP contribution is 2.19. The van der Waals surface area contributed by atoms with Crippen LogP contribution in [0.1, 0.15) is 17.3 Å². The third kappa shape index (κ3) is 2.28. The number of methoxy groups -OCH3 is 1. The van der Waals surface area contributed by atoms with E-state index in [1.807, 2.05) is 13.0 Å². The Bertz CT molecular complexity index is 310. The zero-order valence-corrected chi connectivity index (χ0v) is 7.58. The molecule has 0 aliphatic heterocycles. The molecule has 3 heteroatoms. The van der Waals surface area contributed by atoms with Crippen molar-refractivity contribution >= 4 is 5.97 Å². The average molecular weight is 182 g/mol. The molecular formula is C10H11FO2. The van der Waals surface area contributed by atoms with Crippen molar-refractivity contribution in [2.24, 2.45) is 0 Å². The van der Waals surface area contributed by atoms with Gasteiger partial charge in [0.25, 0.3) is 0 Å². The molecule has 1 unspecified atom stereocenters. The third-order valence-electron chi connectivity index (χ3n) is 1.74. The van der Waals surface area contributed by atoms with Gasteiger partial charge >= 0.3 is 5.97 Å². The van der Waals surface area contributed by atoms with Crippen LogP contribution < -0.4 is 0 Å². The van der Waals surface area contributed by atoms with Gasteiger partial charge in [-0.25, -0.2) is 9.18 Å². The minimum atomic E-state index is -1.68. The predicted molar refractivity (Wildman–Crippen MR) is 47.0 cm³/mol. The fourth-order valence-corrected chi connectivity index (χ4v) is 1.07. The van der Waals surface area contributed by atoms with E-state index in [0.717, 1.165) is 5.56 Å². The molecule has 0 aromatic heterocycles. The van der Waals surface area contributed by atoms with Crippen molar-refractivity contribution in [3.63, 3.8) is 0 Å². The van der Waals surface area contributed by atoms with Crippen LogP contribution in [-0.2, 0) is 9.53 Å². The highest BCUT2D eigenvalue weighted by Gasteiger charge is 2.19. The number of hydrogen-bond acceptors (Lipinski definition) is 2. The summed E-state index contributed by atoms with van der Waals surface area (Å²) in [5, 5.41) is 0. The number of alkyl halides is 1. The minimum absolute atomic E-state index is 0.340. The van der Waals surface area contributed by atoms with E-state index in [-0.39, 0.29) is 0 Å². The standard InChI is InChI=1S/C10H11FO2/c1-7-4-3-5-8(6-7)9(11)10(12)13-2/h3-6,9H,1-2H3. The molecule has 0 aliphatic carbocycles. The van der Waals surface area contributed by atoms with Gasteiger partial charge in [-0.1, -0.05) is 29.8 Å². The molecule has 0 radical (unpaired) electrons. The molecule has 0 heterocycles. The van der Waals surface area contributed by atoms with Crippen molar-refractivity contribution in [3.05, 3.63) is 35.4 Å². The van der Waals surface area contributed by atoms with E-state index in [1.54, 1.807) is 18.2 Å². The Morgan fingerprint density at radius 3 is 2.77 bits per heavy atom. The summed E-state index contributed by atoms with van der Waals surface area (Å²) in [5.41, 5.74) is 1.26. The van der Waals surface area contributed by atoms with E-state index in [2.05, 4.69) is 4.74 Å². The second-order valence-electron chi connectivity index (χ2n) is 2.80. The van der Waals surface area contributed by atoms with Gasteiger partial charge in [0.1, 0.15) is 0 Å². The first-order valence-corrected chi connectivity index (χ1v) is 3.93. The monoisotopic (exact) mass is 182 g/mol. The van der Waals surface area contributed by atoms with E-state index < -0.39 is 12.1 Å². The molecule has 0 saturated heterocycles. The summed E-state index contributed by atoms with van der Waals surface area (Å²) >= 11 is 0. The predicted octanol–water partition coefficient (Wildman–Crippen LogP) is 2.18. The van der Waals surface area contributed by atoms with Crippen molar-refractivity contribution in [1.82, 2.24) is 0 Å². The number of halogens is 1. The third-order valence-corrected chi connectivity index (χ3v) is 1.74. The van der Waals surface area contributed by atoms with Crippen LogP contribution in [-0.4, -0.2) is 13.1 Å². The van der Waals surface area contributed by atoms with Crippen molar-refractivity contribution in [1.29, 1.82) is 0 Å². The molecule has 0 amide bonds. The number of aryl methyl sites for hydroxylation is 1. The van der Waals surface area contributed by atoms with Crippen molar-refractivity contribution in [2.45, 2.75) is 13.1 Å². The van der Waals surface area contributed by atoms with E-state index in [0.29, 0.717) is 5.56 Å². The summed E-state index contributed by atoms with van der Waals surface area (Å²) in [6.07, 6.45) is -1.68. The number of ether oxygens (including phenoxy) is 1. The topological polar surface area (TPSA) is 26.3 Å². The van der Waals surface area contributed by atoms with Crippen LogP contribution in [0.15, 0.2) is 24.3 Å². The Morgan fingerprint density at radius 1 is 1.54 bits per heavy atom. The van der Waals surface area contributed by atoms with Gasteiger partial charge in [-0.05, 0) is 12.5 Å². The Balaban J connectivity index is 2.88. The normalized spacial score (nSPS) is 12.2. The molecule has 1 aromatic rings. The van der Waals surface area contributed by atoms with Gasteiger partial charge in [0.15, 0.2) is 0 Å². The fourth-order valence-electron chi connectivity index (χ4n) is 1.07. The second-order valence-corrected chi connectivity index (χ2v) is 2.80. The summed E-state index contributed by atoms with van der Waals surface area (Å²) in [7, 11) is 1.17. The summed E-state index contributed by atoms with van der Waals surface area (Å²) in [5.74, 6) is -0.856. The van der Waals surface area contributed by atoms with E-state index in [9.17, 15) is 9.18 Å². The second kappa shape index (κ2) is 4.03. The maximum atomic E-state index is 13.2. The number of esters is 1. The van der Waals surface area contributed by atoms with E-state index in [1.165, 1.54) is 7.11 Å². The van der Waals surface area contributed by atoms with Crippen LogP contribution >= 0.6 is 0 Å². The summed E-state index contributed by atoms with van der Waals surface area (Å²) in [6, 6.07) is 6.74. The number of carbonyl (C=O) groups excluding carboxylic acids is 1. The lowest BCUT2D eigenvalue weighted by molar-refractivity contribution is -0.146. The summed E-state index contributed by atoms with van der Waals surface area (Å²) in [6.45, 7) is 1.84. The first kappa shape index (κ1) is 9.71. The highest BCUT2D eigenvalue weighted by molar-refractivity contribution is 5.76. The number of benzene rings is 1. The molecule has 0 bridgehead atoms. The molecular weight excluding hydrogens is 171 g/mol. The Hall–Kier alpha value is -1.38. The van der Waals surface area contributed by atoms with Crippen LogP contribution in [0.4, 0.5) is 4.39 Å². The molecule has 1 rings (SSSR count). The van der Waals surface area contributed by atoms with Crippen molar-refractivity contribution in [3.8, 4) is 0 Å². The van der Waals surface area contributed by atoms with Gasteiger partial charge in [-0.3, -0.25) is 0 Å². The maximum Gasteiger partial charge on any atom is 0.345 e. The van der Waals surface area contributed by atoms with Gasteiger partial charge in [-0.15, -0.1) is 0 Å². The van der Waals surface area contributed by atoms with E-state index in [4.69, 9.17) is 0 Å². The number of rotatable bonds is 2. The molecule has 0 saturated carbocycles. The summed E-state index contributed by atoms with van der Waals surface area (Å²) < 4.78 is 17.5. The van der Waals surface area contributed by atoms with Crippen LogP contribution in [0.25, 0.3) is 0 Å². The zero-order chi connectivity index (χ0) is 9.84. The lowest BCUT2D eigenvalue weighted by atomic mass is 10.1. The fraction of sp³-hybridized carbons (Fsp3) is 0.300. The smallest absolute Gasteiger partial charge is 0.345 e. The van der Waals surface area contributed by atoms with Gasteiger partial charge < -0.3 is 4.74 Å². The Morgan fingerprint density at radius 2 is 2.23 bits per heavy atom. The largest absolute Gasteiger partial charge is 0.467 e. The number of carbonyl (C=O) groups is 1. The average Bonchev–Trinajstić information content (AvgIpc) is 2.15. The molecule has 0 N–H and O–H groups in total. The molecule has 1 aromatic carbocycles. The van der Waals surface area contributed by atoms with Crippen molar-refractivity contribution < 1.29 is 13.9 Å². The first-order valence-electron chi connectivity index (χ1n) is 3.93. The van der Waals surface area contributed by atoms with E-state index >= 15 is 0 Å². The van der Waals surface area contributed by atoms with Crippen LogP contribution in [0, 0.1) is 6.92 Å². The lowest BCUT2D eigenvalue weighted by Gasteiger charge is -2.06. The van der Waals surface area contributed by atoms with Gasteiger partial charge in [-0.2, -0.15) is 0 Å². The highest BCUT2D eigenvalue weighted by atomic mass is 19.1. The van der Waals surface area contributed by atoms with Crippen LogP contribution in [0.5, 0.6) is 0 Å². The van der Waals surface area contributed by atoms with Crippen LogP contribution in [0.3, 0.4) is 0 Å². The van der Waals surface area contributed by atoms with Crippen molar-refractivity contribution in [2.75, 3.05) is 7.11 Å². The lowest BCUT2D eigenvalue weighted by Crippen LogP contribution is -2.09. The molecule has 2 nitrogen and oxygen atoms in total. The maximum absolute atomic E-state index is 13.2. The first-order chi connectivity index (χ1) is 6.15.